The van der Waals surface area contributed by atoms with E-state index in [1.54, 1.807) is 18.3 Å². The Morgan fingerprint density at radius 3 is 1.57 bits per heavy atom. The van der Waals surface area contributed by atoms with Crippen molar-refractivity contribution in [2.75, 3.05) is 0 Å². The third-order valence-corrected chi connectivity index (χ3v) is 7.33. The summed E-state index contributed by atoms with van der Waals surface area (Å²) in [5, 5.41) is 21.5. The molecule has 0 aliphatic heterocycles. The van der Waals surface area contributed by atoms with Gasteiger partial charge in [-0.25, -0.2) is 0 Å². The molecule has 0 atom stereocenters. The Morgan fingerprint density at radius 2 is 1.14 bits per heavy atom. The average molecular weight is 540 g/mol. The number of nitriles is 2. The van der Waals surface area contributed by atoms with Crippen LogP contribution in [0.5, 0.6) is 0 Å². The molecule has 1 aromatic heterocycles. The molecule has 0 amide bonds. The summed E-state index contributed by atoms with van der Waals surface area (Å²) in [5.41, 5.74) is 9.48. The van der Waals surface area contributed by atoms with Crippen molar-refractivity contribution in [3.05, 3.63) is 145 Å². The van der Waals surface area contributed by atoms with Gasteiger partial charge in [-0.3, -0.25) is 4.98 Å². The van der Waals surface area contributed by atoms with E-state index in [9.17, 15) is 5.26 Å². The lowest BCUT2D eigenvalue weighted by molar-refractivity contribution is 1.31. The van der Waals surface area contributed by atoms with Gasteiger partial charge in [0.05, 0.1) is 23.4 Å². The van der Waals surface area contributed by atoms with Crippen molar-refractivity contribution in [1.29, 1.82) is 10.5 Å². The van der Waals surface area contributed by atoms with Crippen LogP contribution in [0.3, 0.4) is 0 Å². The molecule has 1 heterocycles. The predicted octanol–water partition coefficient (Wildman–Crippen LogP) is 10.4. The van der Waals surface area contributed by atoms with Crippen LogP contribution in [0, 0.1) is 22.7 Å². The molecule has 0 saturated carbocycles. The largest absolute Gasteiger partial charge is 0.256 e. The minimum atomic E-state index is 0.608. The Balaban J connectivity index is 0.00000113. The average Bonchev–Trinajstić information content (AvgIpc) is 3.05. The number of aromatic nitrogens is 1. The zero-order valence-corrected chi connectivity index (χ0v) is 23.7. The summed E-state index contributed by atoms with van der Waals surface area (Å²) in [6.07, 6.45) is 5.67. The van der Waals surface area contributed by atoms with Crippen molar-refractivity contribution in [3.8, 4) is 45.6 Å². The van der Waals surface area contributed by atoms with Gasteiger partial charge in [0.25, 0.3) is 0 Å². The first-order chi connectivity index (χ1) is 20.6. The second-order valence-electron chi connectivity index (χ2n) is 9.71. The molecule has 0 unspecified atom stereocenters. The minimum Gasteiger partial charge on any atom is -0.256 e. The van der Waals surface area contributed by atoms with Crippen molar-refractivity contribution in [3.63, 3.8) is 0 Å². The summed E-state index contributed by atoms with van der Waals surface area (Å²) in [7, 11) is 0. The lowest BCUT2D eigenvalue weighted by Gasteiger charge is -2.18. The van der Waals surface area contributed by atoms with Crippen molar-refractivity contribution >= 4 is 27.1 Å². The normalized spacial score (nSPS) is 10.8. The van der Waals surface area contributed by atoms with Crippen LogP contribution in [0.25, 0.3) is 60.6 Å². The van der Waals surface area contributed by atoms with Crippen molar-refractivity contribution in [2.24, 2.45) is 0 Å². The first kappa shape index (κ1) is 27.8. The SMILES string of the molecule is C=C/C(=C\C)c1ccc(-c2c3ccccc3c(-c3ccc(-c4cc(C#N)ccn4)cc3)c3ccccc23)cc1.CC#N. The molecule has 42 heavy (non-hydrogen) atoms. The second kappa shape index (κ2) is 12.6. The van der Waals surface area contributed by atoms with Gasteiger partial charge in [0.2, 0.25) is 0 Å². The Hall–Kier alpha value is -5.77. The first-order valence-corrected chi connectivity index (χ1v) is 13.7. The molecule has 0 aliphatic carbocycles. The number of fused-ring (bicyclic) bond motifs is 2. The third kappa shape index (κ3) is 5.33. The Labute approximate surface area is 247 Å². The summed E-state index contributed by atoms with van der Waals surface area (Å²) in [4.78, 5) is 4.47. The molecular weight excluding hydrogens is 510 g/mol. The molecule has 0 fully saturated rings. The molecule has 3 nitrogen and oxygen atoms in total. The van der Waals surface area contributed by atoms with E-state index in [2.05, 4.69) is 121 Å². The molecule has 3 heteroatoms. The van der Waals surface area contributed by atoms with Gasteiger partial charge in [-0.15, -0.1) is 0 Å². The van der Waals surface area contributed by atoms with E-state index in [0.29, 0.717) is 5.56 Å². The fourth-order valence-corrected chi connectivity index (χ4v) is 5.45. The number of benzene rings is 5. The van der Waals surface area contributed by atoms with Crippen LogP contribution in [-0.4, -0.2) is 4.98 Å². The van der Waals surface area contributed by atoms with E-state index in [1.807, 2.05) is 19.1 Å². The summed E-state index contributed by atoms with van der Waals surface area (Å²) >= 11 is 0. The maximum absolute atomic E-state index is 9.28. The molecule has 0 N–H and O–H groups in total. The van der Waals surface area contributed by atoms with Crippen LogP contribution in [0.1, 0.15) is 25.0 Å². The lowest BCUT2D eigenvalue weighted by atomic mass is 9.85. The van der Waals surface area contributed by atoms with E-state index in [4.69, 9.17) is 5.26 Å². The van der Waals surface area contributed by atoms with Gasteiger partial charge in [-0.2, -0.15) is 10.5 Å². The number of hydrogen-bond acceptors (Lipinski definition) is 3. The van der Waals surface area contributed by atoms with Gasteiger partial charge in [-0.1, -0.05) is 116 Å². The van der Waals surface area contributed by atoms with Gasteiger partial charge >= 0.3 is 0 Å². The van der Waals surface area contributed by atoms with Crippen LogP contribution < -0.4 is 0 Å². The van der Waals surface area contributed by atoms with Crippen molar-refractivity contribution in [1.82, 2.24) is 4.98 Å². The molecule has 0 radical (unpaired) electrons. The molecule has 6 aromatic rings. The zero-order valence-electron chi connectivity index (χ0n) is 23.7. The Bertz CT molecular complexity index is 1960. The maximum Gasteiger partial charge on any atom is 0.0992 e. The predicted molar refractivity (Wildman–Crippen MR) is 175 cm³/mol. The van der Waals surface area contributed by atoms with E-state index in [-0.39, 0.29) is 0 Å². The number of hydrogen-bond donors (Lipinski definition) is 0. The molecule has 5 aromatic carbocycles. The van der Waals surface area contributed by atoms with Gasteiger partial charge in [0.15, 0.2) is 0 Å². The monoisotopic (exact) mass is 539 g/mol. The van der Waals surface area contributed by atoms with Crippen LogP contribution in [0.4, 0.5) is 0 Å². The molecule has 6 rings (SSSR count). The number of nitrogens with zero attached hydrogens (tertiary/aromatic N) is 3. The van der Waals surface area contributed by atoms with Crippen LogP contribution in [0.15, 0.2) is 134 Å². The zero-order chi connectivity index (χ0) is 29.5. The number of rotatable bonds is 5. The highest BCUT2D eigenvalue weighted by Crippen LogP contribution is 2.44. The summed E-state index contributed by atoms with van der Waals surface area (Å²) in [5.74, 6) is 0. The first-order valence-electron chi connectivity index (χ1n) is 13.7. The number of pyridine rings is 1. The topological polar surface area (TPSA) is 60.5 Å². The van der Waals surface area contributed by atoms with Crippen molar-refractivity contribution < 1.29 is 0 Å². The van der Waals surface area contributed by atoms with Crippen LogP contribution >= 0.6 is 0 Å². The van der Waals surface area contributed by atoms with E-state index < -0.39 is 0 Å². The molecule has 200 valence electrons. The maximum atomic E-state index is 9.28. The molecule has 0 saturated heterocycles. The third-order valence-electron chi connectivity index (χ3n) is 7.33. The highest BCUT2D eigenvalue weighted by atomic mass is 14.7. The van der Waals surface area contributed by atoms with Gasteiger partial charge in [0, 0.05) is 18.7 Å². The van der Waals surface area contributed by atoms with E-state index in [0.717, 1.165) is 28.0 Å². The summed E-state index contributed by atoms with van der Waals surface area (Å²) in [6.45, 7) is 7.42. The van der Waals surface area contributed by atoms with E-state index >= 15 is 0 Å². The van der Waals surface area contributed by atoms with Gasteiger partial charge in [-0.05, 0) is 74.0 Å². The lowest BCUT2D eigenvalue weighted by Crippen LogP contribution is -1.91. The highest BCUT2D eigenvalue weighted by Gasteiger charge is 2.16. The summed E-state index contributed by atoms with van der Waals surface area (Å²) < 4.78 is 0. The Morgan fingerprint density at radius 1 is 0.690 bits per heavy atom. The highest BCUT2D eigenvalue weighted by molar-refractivity contribution is 6.21. The minimum absolute atomic E-state index is 0.608. The van der Waals surface area contributed by atoms with Gasteiger partial charge < -0.3 is 0 Å². The van der Waals surface area contributed by atoms with Crippen LogP contribution in [-0.2, 0) is 0 Å². The Kier molecular flexibility index (Phi) is 8.34. The fraction of sp³-hybridized carbons (Fsp3) is 0.0513. The molecule has 0 spiro atoms. The molecule has 0 aliphatic rings. The molecule has 0 bridgehead atoms. The van der Waals surface area contributed by atoms with Crippen molar-refractivity contribution in [2.45, 2.75) is 13.8 Å². The second-order valence-corrected chi connectivity index (χ2v) is 9.71. The van der Waals surface area contributed by atoms with Gasteiger partial charge in [0.1, 0.15) is 0 Å². The van der Waals surface area contributed by atoms with E-state index in [1.165, 1.54) is 45.2 Å². The smallest absolute Gasteiger partial charge is 0.0992 e. The van der Waals surface area contributed by atoms with Crippen LogP contribution in [0.2, 0.25) is 0 Å². The summed E-state index contributed by atoms with van der Waals surface area (Å²) in [6, 6.07) is 42.1. The standard InChI is InChI=1S/C37H26N2.C2H3N/c1-3-26(4-2)27-13-17-29(18-14-27)36-31-9-5-7-11-33(31)37(34-12-8-6-10-32(34)36)30-19-15-28(16-20-30)35-23-25(24-38)21-22-39-35;1-2-3/h3-23H,1H2,2H3;1H3/b26-4+;. The quantitative estimate of drug-likeness (QED) is 0.162. The molecular formula is C39H29N3. The number of allylic oxidation sites excluding steroid dienone is 3. The fourth-order valence-electron chi connectivity index (χ4n) is 5.45.